The first-order valence-corrected chi connectivity index (χ1v) is 16.7. The number of carboxylic acids is 1. The molecule has 1 saturated heterocycles. The number of pyridine rings is 2. The maximum atomic E-state index is 14.1. The third-order valence-corrected chi connectivity index (χ3v) is 11.3. The summed E-state index contributed by atoms with van der Waals surface area (Å²) < 4.78 is 43.3. The Morgan fingerprint density at radius 1 is 1.13 bits per heavy atom. The van der Waals surface area contributed by atoms with Gasteiger partial charge in [0.1, 0.15) is 10.7 Å². The maximum Gasteiger partial charge on any atom is 0.310 e. The number of benzene rings is 1. The molecule has 3 aliphatic rings. The van der Waals surface area contributed by atoms with Gasteiger partial charge in [0.05, 0.1) is 25.2 Å². The first-order valence-electron chi connectivity index (χ1n) is 15.2. The molecule has 1 N–H and O–H groups in total. The average molecular weight is 632 g/mol. The molecule has 0 unspecified atom stereocenters. The highest BCUT2D eigenvalue weighted by atomic mass is 32.2. The van der Waals surface area contributed by atoms with Crippen LogP contribution in [0.1, 0.15) is 77.7 Å². The van der Waals surface area contributed by atoms with Gasteiger partial charge in [-0.05, 0) is 93.0 Å². The third kappa shape index (κ3) is 4.90. The molecule has 5 heterocycles. The van der Waals surface area contributed by atoms with E-state index in [-0.39, 0.29) is 37.1 Å². The normalized spacial score (nSPS) is 19.8. The number of aromatic nitrogens is 4. The van der Waals surface area contributed by atoms with Crippen LogP contribution >= 0.6 is 0 Å². The number of sulfonamides is 1. The summed E-state index contributed by atoms with van der Waals surface area (Å²) in [6, 6.07) is 9.41. The number of carbonyl (C=O) groups is 1. The zero-order valence-electron chi connectivity index (χ0n) is 26.1. The van der Waals surface area contributed by atoms with Crippen molar-refractivity contribution >= 4 is 21.6 Å². The molecule has 4 aromatic rings. The molecular formula is C33H37N5O6S. The Balaban J connectivity index is 1.32. The van der Waals surface area contributed by atoms with Crippen LogP contribution in [-0.2, 0) is 26.1 Å². The summed E-state index contributed by atoms with van der Waals surface area (Å²) in [6.45, 7) is 9.85. The number of hydrogen-bond acceptors (Lipinski definition) is 8. The lowest BCUT2D eigenvalue weighted by atomic mass is 9.70. The van der Waals surface area contributed by atoms with Gasteiger partial charge in [-0.1, -0.05) is 18.2 Å². The van der Waals surface area contributed by atoms with Gasteiger partial charge in [-0.15, -0.1) is 10.2 Å². The lowest BCUT2D eigenvalue weighted by molar-refractivity contribution is -0.166. The first-order chi connectivity index (χ1) is 21.3. The molecule has 7 rings (SSSR count). The standard InChI is InChI=1S/C33H37N5O6S/c1-19-12-26-30(34-14-19)44-33(17-43-18-33)16-37(45(26,41)42)15-24-13-23(7-6-20(24)2)27(32(4,5)31(39)40)25-10-11-38-28(21(25)3)35-36-29(38)22-8-9-22/h6-7,10-14,22,27H,8-9,15-18H2,1-5H3,(H,39,40)/t27-/m1/s1. The average Bonchev–Trinajstić information content (AvgIpc) is 3.73. The molecule has 45 heavy (non-hydrogen) atoms. The number of rotatable bonds is 7. The number of ether oxygens (including phenoxy) is 2. The number of carboxylic acid groups (broad SMARTS) is 1. The molecule has 11 nitrogen and oxygen atoms in total. The van der Waals surface area contributed by atoms with Crippen molar-refractivity contribution < 1.29 is 27.8 Å². The Morgan fingerprint density at radius 3 is 2.56 bits per heavy atom. The van der Waals surface area contributed by atoms with Crippen molar-refractivity contribution in [3.8, 4) is 5.88 Å². The highest BCUT2D eigenvalue weighted by molar-refractivity contribution is 7.89. The predicted octanol–water partition coefficient (Wildman–Crippen LogP) is 4.52. The van der Waals surface area contributed by atoms with Crippen LogP contribution in [0.25, 0.3) is 5.65 Å². The fraction of sp³-hybridized carbons (Fsp3) is 0.455. The van der Waals surface area contributed by atoms with Gasteiger partial charge in [0.2, 0.25) is 15.9 Å². The fourth-order valence-electron chi connectivity index (χ4n) is 6.58. The smallest absolute Gasteiger partial charge is 0.310 e. The minimum Gasteiger partial charge on any atom is -0.481 e. The summed E-state index contributed by atoms with van der Waals surface area (Å²) in [5.41, 5.74) is 3.57. The highest BCUT2D eigenvalue weighted by Crippen LogP contribution is 2.45. The van der Waals surface area contributed by atoms with E-state index in [1.54, 1.807) is 33.0 Å². The van der Waals surface area contributed by atoms with E-state index in [4.69, 9.17) is 9.47 Å². The van der Waals surface area contributed by atoms with Gasteiger partial charge in [0.15, 0.2) is 11.2 Å². The van der Waals surface area contributed by atoms with Crippen LogP contribution in [0.2, 0.25) is 0 Å². The van der Waals surface area contributed by atoms with E-state index in [0.29, 0.717) is 11.5 Å². The Kier molecular flexibility index (Phi) is 6.84. The Bertz CT molecular complexity index is 1960. The second-order valence-corrected chi connectivity index (χ2v) is 15.3. The van der Waals surface area contributed by atoms with Gasteiger partial charge in [-0.2, -0.15) is 4.31 Å². The van der Waals surface area contributed by atoms with Crippen molar-refractivity contribution in [2.24, 2.45) is 5.41 Å². The molecule has 1 spiro atoms. The molecule has 1 atom stereocenters. The molecule has 1 aliphatic carbocycles. The monoisotopic (exact) mass is 631 g/mol. The van der Waals surface area contributed by atoms with Gasteiger partial charge >= 0.3 is 5.97 Å². The zero-order valence-corrected chi connectivity index (χ0v) is 26.9. The quantitative estimate of drug-likeness (QED) is 0.312. The molecule has 2 aliphatic heterocycles. The highest BCUT2D eigenvalue weighted by Gasteiger charge is 2.50. The largest absolute Gasteiger partial charge is 0.481 e. The van der Waals surface area contributed by atoms with Crippen molar-refractivity contribution in [1.29, 1.82) is 0 Å². The van der Waals surface area contributed by atoms with Crippen LogP contribution in [0.4, 0.5) is 0 Å². The lowest BCUT2D eigenvalue weighted by Crippen LogP contribution is -2.60. The number of hydrogen-bond donors (Lipinski definition) is 1. The van der Waals surface area contributed by atoms with Gasteiger partial charge in [0, 0.05) is 30.8 Å². The minimum atomic E-state index is -3.98. The van der Waals surface area contributed by atoms with Crippen molar-refractivity contribution in [3.05, 3.63) is 81.9 Å². The van der Waals surface area contributed by atoms with Crippen LogP contribution in [0, 0.1) is 26.2 Å². The van der Waals surface area contributed by atoms with Gasteiger partial charge < -0.3 is 14.6 Å². The number of nitrogens with zero attached hydrogens (tertiary/aromatic N) is 5. The molecule has 0 amide bonds. The van der Waals surface area contributed by atoms with Crippen LogP contribution in [-0.4, -0.2) is 68.7 Å². The Morgan fingerprint density at radius 2 is 1.89 bits per heavy atom. The molecule has 2 fully saturated rings. The summed E-state index contributed by atoms with van der Waals surface area (Å²) in [5.74, 6) is -0.0508. The summed E-state index contributed by atoms with van der Waals surface area (Å²) in [6.07, 6.45) is 5.73. The van der Waals surface area contributed by atoms with E-state index in [0.717, 1.165) is 52.1 Å². The second-order valence-electron chi connectivity index (χ2n) is 13.4. The lowest BCUT2D eigenvalue weighted by Gasteiger charge is -2.41. The summed E-state index contributed by atoms with van der Waals surface area (Å²) in [7, 11) is -3.98. The number of aliphatic carboxylic acids is 1. The summed E-state index contributed by atoms with van der Waals surface area (Å²) in [5, 5.41) is 19.4. The number of aryl methyl sites for hydroxylation is 3. The van der Waals surface area contributed by atoms with Crippen molar-refractivity contribution in [1.82, 2.24) is 23.9 Å². The van der Waals surface area contributed by atoms with E-state index in [1.807, 2.05) is 48.7 Å². The van der Waals surface area contributed by atoms with Gasteiger partial charge in [0.25, 0.3) is 0 Å². The molecule has 1 aromatic carbocycles. The molecule has 3 aromatic heterocycles. The van der Waals surface area contributed by atoms with Gasteiger partial charge in [-0.3, -0.25) is 9.20 Å². The molecule has 12 heteroatoms. The molecule has 0 bridgehead atoms. The van der Waals surface area contributed by atoms with Gasteiger partial charge in [-0.25, -0.2) is 13.4 Å². The summed E-state index contributed by atoms with van der Waals surface area (Å²) >= 11 is 0. The van der Waals surface area contributed by atoms with E-state index in [2.05, 4.69) is 15.2 Å². The number of fused-ring (bicyclic) bond motifs is 2. The summed E-state index contributed by atoms with van der Waals surface area (Å²) in [4.78, 5) is 17.1. The predicted molar refractivity (Wildman–Crippen MR) is 165 cm³/mol. The van der Waals surface area contributed by atoms with Crippen LogP contribution in [0.15, 0.2) is 47.6 Å². The Labute approximate surface area is 262 Å². The maximum absolute atomic E-state index is 14.1. The van der Waals surface area contributed by atoms with Crippen molar-refractivity contribution in [2.45, 2.75) is 76.3 Å². The van der Waals surface area contributed by atoms with Crippen molar-refractivity contribution in [3.63, 3.8) is 0 Å². The molecule has 1 saturated carbocycles. The topological polar surface area (TPSA) is 136 Å². The van der Waals surface area contributed by atoms with Crippen molar-refractivity contribution in [2.75, 3.05) is 19.8 Å². The zero-order chi connectivity index (χ0) is 31.9. The SMILES string of the molecule is Cc1cnc2c(c1)S(=O)(=O)N(Cc1cc([C@H](c3ccn4c(C5CC5)nnc4c3C)C(C)(C)C(=O)O)ccc1C)CC1(COC1)O2. The van der Waals surface area contributed by atoms with Crippen LogP contribution < -0.4 is 4.74 Å². The van der Waals surface area contributed by atoms with E-state index < -0.39 is 32.9 Å². The second kappa shape index (κ2) is 10.3. The third-order valence-electron chi connectivity index (χ3n) is 9.55. The minimum absolute atomic E-state index is 0.0350. The Hall–Kier alpha value is -3.87. The molecule has 236 valence electrons. The van der Waals surface area contributed by atoms with E-state index >= 15 is 0 Å². The fourth-order valence-corrected chi connectivity index (χ4v) is 8.22. The molecule has 0 radical (unpaired) electrons. The van der Waals surface area contributed by atoms with Crippen LogP contribution in [0.3, 0.4) is 0 Å². The van der Waals surface area contributed by atoms with E-state index in [9.17, 15) is 18.3 Å². The van der Waals surface area contributed by atoms with Crippen LogP contribution in [0.5, 0.6) is 5.88 Å². The molecular weight excluding hydrogens is 594 g/mol. The first kappa shape index (κ1) is 29.8. The van der Waals surface area contributed by atoms with E-state index in [1.165, 1.54) is 4.31 Å².